The van der Waals surface area contributed by atoms with Gasteiger partial charge in [0, 0.05) is 17.1 Å². The molecule has 1 unspecified atom stereocenters. The van der Waals surface area contributed by atoms with E-state index < -0.39 is 6.04 Å². The summed E-state index contributed by atoms with van der Waals surface area (Å²) in [5, 5.41) is 3.92. The van der Waals surface area contributed by atoms with Gasteiger partial charge >= 0.3 is 0 Å². The van der Waals surface area contributed by atoms with E-state index in [1.807, 2.05) is 60.7 Å². The molecular formula is C17H16N3O+. The fourth-order valence-corrected chi connectivity index (χ4v) is 2.26. The van der Waals surface area contributed by atoms with Gasteiger partial charge in [0.1, 0.15) is 0 Å². The Morgan fingerprint density at radius 1 is 1.00 bits per heavy atom. The smallest absolute Gasteiger partial charge is 0.287 e. The summed E-state index contributed by atoms with van der Waals surface area (Å²) in [6.07, 6.45) is 1.72. The number of rotatable bonds is 3. The van der Waals surface area contributed by atoms with Gasteiger partial charge < -0.3 is 11.1 Å². The van der Waals surface area contributed by atoms with E-state index in [1.165, 1.54) is 0 Å². The third-order valence-corrected chi connectivity index (χ3v) is 3.41. The maximum atomic E-state index is 12.4. The first-order chi connectivity index (χ1) is 10.3. The summed E-state index contributed by atoms with van der Waals surface area (Å²) in [6, 6.07) is 18.6. The molecule has 0 radical (unpaired) electrons. The Labute approximate surface area is 122 Å². The molecule has 0 saturated heterocycles. The number of fused-ring (bicyclic) bond motifs is 1. The molecule has 21 heavy (non-hydrogen) atoms. The average Bonchev–Trinajstić information content (AvgIpc) is 2.55. The number of hydrogen-bond donors (Lipinski definition) is 2. The molecule has 0 spiro atoms. The number of nitrogens with one attached hydrogen (secondary N) is 1. The molecule has 0 bridgehead atoms. The van der Waals surface area contributed by atoms with E-state index in [2.05, 4.69) is 16.0 Å². The summed E-state index contributed by atoms with van der Waals surface area (Å²) in [5.74, 6) is -0.139. The molecule has 0 aliphatic rings. The lowest BCUT2D eigenvalue weighted by molar-refractivity contribution is -0.408. The van der Waals surface area contributed by atoms with Crippen molar-refractivity contribution in [2.75, 3.05) is 5.32 Å². The van der Waals surface area contributed by atoms with Gasteiger partial charge in [-0.25, -0.2) is 0 Å². The SMILES string of the molecule is [NH3+]C(C(=O)Nc1cccc2cccnc12)c1ccccc1. The van der Waals surface area contributed by atoms with E-state index in [4.69, 9.17) is 0 Å². The van der Waals surface area contributed by atoms with Gasteiger partial charge in [-0.1, -0.05) is 48.5 Å². The van der Waals surface area contributed by atoms with E-state index in [9.17, 15) is 4.79 Å². The quantitative estimate of drug-likeness (QED) is 0.770. The number of pyridine rings is 1. The van der Waals surface area contributed by atoms with Crippen molar-refractivity contribution in [2.45, 2.75) is 6.04 Å². The van der Waals surface area contributed by atoms with Crippen LogP contribution in [0.1, 0.15) is 11.6 Å². The van der Waals surface area contributed by atoms with Crippen molar-refractivity contribution < 1.29 is 10.5 Å². The van der Waals surface area contributed by atoms with Crippen LogP contribution in [0.5, 0.6) is 0 Å². The highest BCUT2D eigenvalue weighted by atomic mass is 16.2. The molecule has 1 heterocycles. The first-order valence-corrected chi connectivity index (χ1v) is 6.78. The Bertz CT molecular complexity index is 766. The Morgan fingerprint density at radius 2 is 1.76 bits per heavy atom. The van der Waals surface area contributed by atoms with Crippen LogP contribution in [-0.4, -0.2) is 10.9 Å². The van der Waals surface area contributed by atoms with Gasteiger partial charge in [-0.3, -0.25) is 9.78 Å². The average molecular weight is 278 g/mol. The van der Waals surface area contributed by atoms with Crippen LogP contribution in [-0.2, 0) is 4.79 Å². The number of para-hydroxylation sites is 1. The molecule has 4 nitrogen and oxygen atoms in total. The minimum atomic E-state index is -0.454. The van der Waals surface area contributed by atoms with E-state index in [0.29, 0.717) is 5.69 Å². The zero-order valence-electron chi connectivity index (χ0n) is 11.5. The normalized spacial score (nSPS) is 12.0. The lowest BCUT2D eigenvalue weighted by Gasteiger charge is -2.11. The van der Waals surface area contributed by atoms with Gasteiger partial charge in [0.05, 0.1) is 11.2 Å². The van der Waals surface area contributed by atoms with Gasteiger partial charge in [0.15, 0.2) is 6.04 Å². The highest BCUT2D eigenvalue weighted by Gasteiger charge is 2.20. The van der Waals surface area contributed by atoms with Crippen LogP contribution in [0.3, 0.4) is 0 Å². The molecule has 0 fully saturated rings. The first kappa shape index (κ1) is 13.3. The fraction of sp³-hybridized carbons (Fsp3) is 0.0588. The molecular weight excluding hydrogens is 262 g/mol. The number of aromatic nitrogens is 1. The second-order valence-electron chi connectivity index (χ2n) is 4.83. The summed E-state index contributed by atoms with van der Waals surface area (Å²) >= 11 is 0. The Balaban J connectivity index is 1.87. The Kier molecular flexibility index (Phi) is 3.62. The number of amides is 1. The summed E-state index contributed by atoms with van der Waals surface area (Å²) < 4.78 is 0. The van der Waals surface area contributed by atoms with Gasteiger partial charge in [0.2, 0.25) is 0 Å². The zero-order chi connectivity index (χ0) is 14.7. The van der Waals surface area contributed by atoms with Crippen molar-refractivity contribution in [3.05, 3.63) is 72.4 Å². The van der Waals surface area contributed by atoms with Gasteiger partial charge in [-0.2, -0.15) is 0 Å². The molecule has 1 atom stereocenters. The van der Waals surface area contributed by atoms with Crippen LogP contribution in [0, 0.1) is 0 Å². The molecule has 4 N–H and O–H groups in total. The maximum absolute atomic E-state index is 12.4. The number of benzene rings is 2. The van der Waals surface area contributed by atoms with Crippen molar-refractivity contribution in [1.29, 1.82) is 0 Å². The molecule has 104 valence electrons. The zero-order valence-corrected chi connectivity index (χ0v) is 11.5. The summed E-state index contributed by atoms with van der Waals surface area (Å²) in [6.45, 7) is 0. The molecule has 1 aromatic heterocycles. The van der Waals surface area contributed by atoms with Crippen LogP contribution in [0.25, 0.3) is 10.9 Å². The molecule has 0 aliphatic carbocycles. The van der Waals surface area contributed by atoms with E-state index >= 15 is 0 Å². The predicted octanol–water partition coefficient (Wildman–Crippen LogP) is 2.16. The minimum absolute atomic E-state index is 0.139. The lowest BCUT2D eigenvalue weighted by atomic mass is 10.1. The highest BCUT2D eigenvalue weighted by molar-refractivity contribution is 6.01. The Hall–Kier alpha value is -2.72. The molecule has 3 rings (SSSR count). The molecule has 0 saturated carbocycles. The Morgan fingerprint density at radius 3 is 2.57 bits per heavy atom. The lowest BCUT2D eigenvalue weighted by Crippen LogP contribution is -2.58. The fourth-order valence-electron chi connectivity index (χ4n) is 2.26. The topological polar surface area (TPSA) is 69.6 Å². The third kappa shape index (κ3) is 2.75. The van der Waals surface area contributed by atoms with Gasteiger partial charge in [0.25, 0.3) is 5.91 Å². The van der Waals surface area contributed by atoms with Crippen molar-refractivity contribution >= 4 is 22.5 Å². The van der Waals surface area contributed by atoms with Crippen LogP contribution in [0.2, 0.25) is 0 Å². The van der Waals surface area contributed by atoms with Crippen LogP contribution in [0.15, 0.2) is 66.9 Å². The second-order valence-corrected chi connectivity index (χ2v) is 4.83. The van der Waals surface area contributed by atoms with E-state index in [1.54, 1.807) is 6.20 Å². The van der Waals surface area contributed by atoms with Crippen molar-refractivity contribution in [3.63, 3.8) is 0 Å². The number of anilines is 1. The third-order valence-electron chi connectivity index (χ3n) is 3.41. The van der Waals surface area contributed by atoms with Gasteiger partial charge in [-0.15, -0.1) is 0 Å². The van der Waals surface area contributed by atoms with Crippen LogP contribution in [0.4, 0.5) is 5.69 Å². The number of carbonyl (C=O) groups excluding carboxylic acids is 1. The van der Waals surface area contributed by atoms with E-state index in [-0.39, 0.29) is 5.91 Å². The number of quaternary nitrogens is 1. The minimum Gasteiger partial charge on any atom is -0.343 e. The van der Waals surface area contributed by atoms with Crippen LogP contribution < -0.4 is 11.1 Å². The summed E-state index contributed by atoms with van der Waals surface area (Å²) in [5.41, 5.74) is 6.34. The van der Waals surface area contributed by atoms with Crippen LogP contribution >= 0.6 is 0 Å². The largest absolute Gasteiger partial charge is 0.343 e. The summed E-state index contributed by atoms with van der Waals surface area (Å²) in [4.78, 5) is 16.7. The standard InChI is InChI=1S/C17H15N3O/c18-15(12-6-2-1-3-7-12)17(21)20-14-10-4-8-13-9-5-11-19-16(13)14/h1-11,15H,18H2,(H,20,21)/p+1. The molecule has 2 aromatic carbocycles. The van der Waals surface area contributed by atoms with Crippen molar-refractivity contribution in [2.24, 2.45) is 0 Å². The molecule has 3 aromatic rings. The summed E-state index contributed by atoms with van der Waals surface area (Å²) in [7, 11) is 0. The highest BCUT2D eigenvalue weighted by Crippen LogP contribution is 2.21. The van der Waals surface area contributed by atoms with Gasteiger partial charge in [-0.05, 0) is 12.1 Å². The molecule has 4 heteroatoms. The number of nitrogens with zero attached hydrogens (tertiary/aromatic N) is 1. The maximum Gasteiger partial charge on any atom is 0.287 e. The first-order valence-electron chi connectivity index (χ1n) is 6.78. The number of hydrogen-bond acceptors (Lipinski definition) is 2. The van der Waals surface area contributed by atoms with E-state index in [0.717, 1.165) is 16.5 Å². The monoisotopic (exact) mass is 278 g/mol. The van der Waals surface area contributed by atoms with Crippen molar-refractivity contribution in [3.8, 4) is 0 Å². The second kappa shape index (κ2) is 5.73. The van der Waals surface area contributed by atoms with Crippen molar-refractivity contribution in [1.82, 2.24) is 4.98 Å². The molecule has 1 amide bonds. The number of carbonyl (C=O) groups is 1. The molecule has 0 aliphatic heterocycles. The predicted molar refractivity (Wildman–Crippen MR) is 82.4 cm³/mol.